The molecule has 5 rings (SSSR count). The van der Waals surface area contributed by atoms with Crippen LogP contribution >= 0.6 is 0 Å². The van der Waals surface area contributed by atoms with Crippen molar-refractivity contribution in [2.75, 3.05) is 5.32 Å². The molecule has 0 radical (unpaired) electrons. The van der Waals surface area contributed by atoms with Crippen LogP contribution in [0.15, 0.2) is 42.5 Å². The first-order chi connectivity index (χ1) is 15.5. The van der Waals surface area contributed by atoms with Gasteiger partial charge in [-0.3, -0.25) is 4.79 Å². The van der Waals surface area contributed by atoms with Crippen LogP contribution in [0.25, 0.3) is 0 Å². The Labute approximate surface area is 184 Å². The number of aryl methyl sites for hydroxylation is 1. The number of ether oxygens (including phenoxy) is 2. The van der Waals surface area contributed by atoms with Crippen molar-refractivity contribution in [3.05, 3.63) is 59.7 Å². The number of benzene rings is 2. The van der Waals surface area contributed by atoms with Crippen molar-refractivity contribution in [1.29, 1.82) is 0 Å². The Morgan fingerprint density at radius 2 is 1.88 bits per heavy atom. The number of tetrazole rings is 1. The Bertz CT molecular complexity index is 1120. The Morgan fingerprint density at radius 3 is 2.59 bits per heavy atom. The first-order valence-electron chi connectivity index (χ1n) is 10.8. The molecule has 1 amide bonds. The minimum Gasteiger partial charge on any atom is -0.448 e. The minimum absolute atomic E-state index is 0.282. The molecule has 32 heavy (non-hydrogen) atoms. The Hall–Kier alpha value is -3.49. The van der Waals surface area contributed by atoms with Crippen LogP contribution in [0.1, 0.15) is 49.5 Å². The van der Waals surface area contributed by atoms with Crippen LogP contribution in [0.3, 0.4) is 0 Å². The molecule has 166 valence electrons. The summed E-state index contributed by atoms with van der Waals surface area (Å²) in [5, 5.41) is 14.5. The van der Waals surface area contributed by atoms with Crippen molar-refractivity contribution in [2.45, 2.75) is 57.3 Å². The van der Waals surface area contributed by atoms with E-state index in [-0.39, 0.29) is 11.7 Å². The average molecular weight is 437 g/mol. The van der Waals surface area contributed by atoms with Crippen LogP contribution in [-0.2, 0) is 11.2 Å². The zero-order valence-corrected chi connectivity index (χ0v) is 17.8. The van der Waals surface area contributed by atoms with E-state index in [9.17, 15) is 9.18 Å². The number of aromatic nitrogens is 4. The summed E-state index contributed by atoms with van der Waals surface area (Å²) in [4.78, 5) is 13.3. The maximum atomic E-state index is 13.3. The van der Waals surface area contributed by atoms with E-state index >= 15 is 0 Å². The smallest absolute Gasteiger partial charge is 0.251 e. The molecule has 1 aromatic heterocycles. The second-order valence-electron chi connectivity index (χ2n) is 8.34. The number of hydrogen-bond donors (Lipinski definition) is 1. The van der Waals surface area contributed by atoms with Crippen LogP contribution in [-0.4, -0.2) is 31.9 Å². The maximum Gasteiger partial charge on any atom is 0.251 e. The number of anilines is 1. The van der Waals surface area contributed by atoms with Crippen LogP contribution in [0.2, 0.25) is 0 Å². The van der Waals surface area contributed by atoms with Gasteiger partial charge in [-0.15, -0.1) is 5.10 Å². The molecule has 1 aliphatic heterocycles. The van der Waals surface area contributed by atoms with Crippen LogP contribution in [0, 0.1) is 12.7 Å². The molecule has 1 fully saturated rings. The third kappa shape index (κ3) is 4.02. The molecular weight excluding hydrogens is 413 g/mol. The second-order valence-corrected chi connectivity index (χ2v) is 8.34. The number of halogens is 1. The summed E-state index contributed by atoms with van der Waals surface area (Å²) in [6.45, 7) is 1.73. The van der Waals surface area contributed by atoms with Crippen molar-refractivity contribution in [3.63, 3.8) is 0 Å². The van der Waals surface area contributed by atoms with Gasteiger partial charge in [0.1, 0.15) is 17.7 Å². The van der Waals surface area contributed by atoms with Gasteiger partial charge in [-0.25, -0.2) is 9.07 Å². The SMILES string of the molecule is Cc1nnnn1C(Cc1ccc(F)cc1)C(=O)Nc1ccc2c(c1)OC1(CCCCC1)O2. The van der Waals surface area contributed by atoms with Gasteiger partial charge in [0.05, 0.1) is 0 Å². The summed E-state index contributed by atoms with van der Waals surface area (Å²) in [6.07, 6.45) is 5.38. The number of amides is 1. The van der Waals surface area contributed by atoms with E-state index in [1.807, 2.05) is 6.07 Å². The zero-order chi connectivity index (χ0) is 22.1. The first-order valence-corrected chi connectivity index (χ1v) is 10.8. The Kier molecular flexibility index (Phi) is 5.24. The van der Waals surface area contributed by atoms with Gasteiger partial charge >= 0.3 is 0 Å². The van der Waals surface area contributed by atoms with Gasteiger partial charge in [-0.1, -0.05) is 18.6 Å². The van der Waals surface area contributed by atoms with E-state index < -0.39 is 11.8 Å². The number of hydrogen-bond acceptors (Lipinski definition) is 6. The first kappa shape index (κ1) is 20.4. The maximum absolute atomic E-state index is 13.3. The fourth-order valence-corrected chi connectivity index (χ4v) is 4.35. The standard InChI is InChI=1S/C23H24FN5O3/c1-15-26-27-28-29(15)19(13-16-5-7-17(24)8-6-16)22(30)25-18-9-10-20-21(14-18)32-23(31-20)11-3-2-4-12-23/h5-10,14,19H,2-4,11-13H2,1H3,(H,25,30). The zero-order valence-electron chi connectivity index (χ0n) is 17.8. The largest absolute Gasteiger partial charge is 0.448 e. The molecule has 9 heteroatoms. The number of fused-ring (bicyclic) bond motifs is 1. The van der Waals surface area contributed by atoms with Crippen molar-refractivity contribution >= 4 is 11.6 Å². The normalized spacial score (nSPS) is 17.3. The number of carbonyl (C=O) groups excluding carboxylic acids is 1. The van der Waals surface area contributed by atoms with Gasteiger partial charge in [-0.2, -0.15) is 0 Å². The average Bonchev–Trinajstić information content (AvgIpc) is 3.36. The fourth-order valence-electron chi connectivity index (χ4n) is 4.35. The number of nitrogens with zero attached hydrogens (tertiary/aromatic N) is 4. The highest BCUT2D eigenvalue weighted by molar-refractivity contribution is 5.94. The van der Waals surface area contributed by atoms with E-state index in [0.29, 0.717) is 29.4 Å². The molecule has 1 saturated carbocycles. The van der Waals surface area contributed by atoms with Crippen molar-refractivity contribution < 1.29 is 18.7 Å². The molecule has 1 atom stereocenters. The Morgan fingerprint density at radius 1 is 1.12 bits per heavy atom. The summed E-state index contributed by atoms with van der Waals surface area (Å²) >= 11 is 0. The lowest BCUT2D eigenvalue weighted by atomic mass is 9.94. The number of carbonyl (C=O) groups is 1. The topological polar surface area (TPSA) is 91.2 Å². The third-order valence-electron chi connectivity index (χ3n) is 6.02. The predicted molar refractivity (Wildman–Crippen MR) is 114 cm³/mol. The van der Waals surface area contributed by atoms with E-state index in [1.165, 1.54) is 23.2 Å². The quantitative estimate of drug-likeness (QED) is 0.649. The molecule has 1 unspecified atom stereocenters. The number of rotatable bonds is 5. The summed E-state index contributed by atoms with van der Waals surface area (Å²) in [7, 11) is 0. The van der Waals surface area contributed by atoms with Crippen molar-refractivity contribution in [2.24, 2.45) is 0 Å². The molecule has 3 aromatic rings. The molecule has 2 aromatic carbocycles. The van der Waals surface area contributed by atoms with E-state index in [2.05, 4.69) is 20.8 Å². The Balaban J connectivity index is 1.35. The summed E-state index contributed by atoms with van der Waals surface area (Å²) < 4.78 is 27.1. The van der Waals surface area contributed by atoms with Crippen molar-refractivity contribution in [1.82, 2.24) is 20.2 Å². The van der Waals surface area contributed by atoms with E-state index in [1.54, 1.807) is 31.2 Å². The van der Waals surface area contributed by atoms with Gasteiger partial charge < -0.3 is 14.8 Å². The summed E-state index contributed by atoms with van der Waals surface area (Å²) in [5.41, 5.74) is 1.39. The van der Waals surface area contributed by atoms with Gasteiger partial charge in [0.2, 0.25) is 5.91 Å². The van der Waals surface area contributed by atoms with Crippen LogP contribution in [0.5, 0.6) is 11.5 Å². The molecule has 1 aliphatic carbocycles. The summed E-state index contributed by atoms with van der Waals surface area (Å²) in [5.74, 6) is 0.665. The van der Waals surface area contributed by atoms with Gasteiger partial charge in [0.15, 0.2) is 11.5 Å². The number of nitrogens with one attached hydrogen (secondary N) is 1. The molecule has 1 N–H and O–H groups in total. The van der Waals surface area contributed by atoms with E-state index in [0.717, 1.165) is 31.2 Å². The molecule has 1 spiro atoms. The second kappa shape index (κ2) is 8.22. The van der Waals surface area contributed by atoms with Gasteiger partial charge in [0.25, 0.3) is 5.79 Å². The van der Waals surface area contributed by atoms with Crippen LogP contribution < -0.4 is 14.8 Å². The highest BCUT2D eigenvalue weighted by Crippen LogP contribution is 2.46. The molecular formula is C23H24FN5O3. The highest BCUT2D eigenvalue weighted by Gasteiger charge is 2.42. The van der Waals surface area contributed by atoms with Gasteiger partial charge in [0, 0.05) is 31.0 Å². The molecule has 2 aliphatic rings. The lowest BCUT2D eigenvalue weighted by Gasteiger charge is -2.31. The monoisotopic (exact) mass is 437 g/mol. The molecule has 2 heterocycles. The highest BCUT2D eigenvalue weighted by atomic mass is 19.1. The van der Waals surface area contributed by atoms with Crippen LogP contribution in [0.4, 0.5) is 10.1 Å². The lowest BCUT2D eigenvalue weighted by Crippen LogP contribution is -2.40. The minimum atomic E-state index is -0.703. The fraction of sp³-hybridized carbons (Fsp3) is 0.391. The molecule has 0 saturated heterocycles. The predicted octanol–water partition coefficient (Wildman–Crippen LogP) is 3.97. The van der Waals surface area contributed by atoms with E-state index in [4.69, 9.17) is 9.47 Å². The lowest BCUT2D eigenvalue weighted by molar-refractivity contribution is -0.119. The molecule has 8 nitrogen and oxygen atoms in total. The third-order valence-corrected chi connectivity index (χ3v) is 6.02. The van der Waals surface area contributed by atoms with Gasteiger partial charge in [-0.05, 0) is 60.0 Å². The van der Waals surface area contributed by atoms with Crippen molar-refractivity contribution in [3.8, 4) is 11.5 Å². The molecule has 0 bridgehead atoms. The summed E-state index contributed by atoms with van der Waals surface area (Å²) in [6, 6.07) is 10.8.